The van der Waals surface area contributed by atoms with E-state index in [1.54, 1.807) is 30.3 Å². The van der Waals surface area contributed by atoms with Gasteiger partial charge < -0.3 is 4.74 Å². The van der Waals surface area contributed by atoms with E-state index >= 15 is 0 Å². The number of carbonyl (C=O) groups is 1. The minimum atomic E-state index is -0.317. The van der Waals surface area contributed by atoms with E-state index in [0.29, 0.717) is 38.2 Å². The van der Waals surface area contributed by atoms with E-state index in [4.69, 9.17) is 40.2 Å². The summed E-state index contributed by atoms with van der Waals surface area (Å²) in [4.78, 5) is 14.9. The number of ether oxygens (including phenoxy) is 1. The van der Waals surface area contributed by atoms with Crippen LogP contribution in [0, 0.1) is 5.82 Å². The van der Waals surface area contributed by atoms with Crippen LogP contribution in [0.4, 0.5) is 4.39 Å². The van der Waals surface area contributed by atoms with Gasteiger partial charge in [0.25, 0.3) is 5.91 Å². The maximum absolute atomic E-state index is 13.1. The number of benzene rings is 3. The summed E-state index contributed by atoms with van der Waals surface area (Å²) < 4.78 is 19.4. The number of nitrogens with zero attached hydrogens (tertiary/aromatic N) is 1. The maximum Gasteiger partial charge on any atom is 0.266 e. The van der Waals surface area contributed by atoms with Crippen molar-refractivity contribution in [3.63, 3.8) is 0 Å². The number of hydrogen-bond acceptors (Lipinski definition) is 4. The van der Waals surface area contributed by atoms with Gasteiger partial charge in [0, 0.05) is 15.6 Å². The molecule has 8 heteroatoms. The lowest BCUT2D eigenvalue weighted by atomic mass is 10.2. The second-order valence-corrected chi connectivity index (χ2v) is 9.51. The van der Waals surface area contributed by atoms with Crippen molar-refractivity contribution in [1.29, 1.82) is 0 Å². The Labute approximate surface area is 204 Å². The van der Waals surface area contributed by atoms with Crippen LogP contribution in [0.15, 0.2) is 71.6 Å². The molecule has 1 heterocycles. The smallest absolute Gasteiger partial charge is 0.266 e. The zero-order valence-electron chi connectivity index (χ0n) is 16.6. The van der Waals surface area contributed by atoms with Gasteiger partial charge in [0.15, 0.2) is 0 Å². The first-order valence-electron chi connectivity index (χ1n) is 9.55. The average molecular weight is 504 g/mol. The van der Waals surface area contributed by atoms with Crippen LogP contribution in [0.3, 0.4) is 0 Å². The van der Waals surface area contributed by atoms with Crippen LogP contribution in [0.2, 0.25) is 10.0 Å². The second kappa shape index (κ2) is 10.0. The Balaban J connectivity index is 1.40. The monoisotopic (exact) mass is 503 g/mol. The van der Waals surface area contributed by atoms with Crippen molar-refractivity contribution in [3.05, 3.63) is 104 Å². The molecule has 3 aromatic rings. The number of amides is 1. The molecule has 1 fully saturated rings. The van der Waals surface area contributed by atoms with Crippen molar-refractivity contribution in [2.75, 3.05) is 0 Å². The number of carbonyl (C=O) groups excluding carboxylic acids is 1. The quantitative estimate of drug-likeness (QED) is 0.264. The van der Waals surface area contributed by atoms with Gasteiger partial charge in [-0.25, -0.2) is 4.39 Å². The number of rotatable bonds is 6. The molecular weight excluding hydrogens is 488 g/mol. The Morgan fingerprint density at radius 2 is 1.75 bits per heavy atom. The molecule has 0 bridgehead atoms. The average Bonchev–Trinajstić information content (AvgIpc) is 3.03. The number of thioether (sulfide) groups is 1. The van der Waals surface area contributed by atoms with Crippen molar-refractivity contribution in [2.45, 2.75) is 13.2 Å². The van der Waals surface area contributed by atoms with Crippen LogP contribution in [-0.2, 0) is 17.9 Å². The molecule has 0 radical (unpaired) electrons. The fourth-order valence-electron chi connectivity index (χ4n) is 3.02. The van der Waals surface area contributed by atoms with Gasteiger partial charge in [-0.3, -0.25) is 9.69 Å². The molecule has 1 amide bonds. The maximum atomic E-state index is 13.1. The SMILES string of the molecule is O=C1/C(=C/c2ccc(OCc3ccc(Cl)cc3Cl)cc2)SC(=S)N1Cc1ccc(F)cc1. The summed E-state index contributed by atoms with van der Waals surface area (Å²) in [6.07, 6.45) is 1.80. The van der Waals surface area contributed by atoms with Crippen LogP contribution in [-0.4, -0.2) is 15.1 Å². The van der Waals surface area contributed by atoms with E-state index in [-0.39, 0.29) is 11.7 Å². The second-order valence-electron chi connectivity index (χ2n) is 6.99. The molecule has 0 atom stereocenters. The highest BCUT2D eigenvalue weighted by Gasteiger charge is 2.31. The lowest BCUT2D eigenvalue weighted by Gasteiger charge is -2.14. The highest BCUT2D eigenvalue weighted by atomic mass is 35.5. The number of halogens is 3. The van der Waals surface area contributed by atoms with Gasteiger partial charge in [0.1, 0.15) is 22.5 Å². The molecule has 162 valence electrons. The first-order valence-corrected chi connectivity index (χ1v) is 11.5. The Bertz CT molecular complexity index is 1200. The normalized spacial score (nSPS) is 15.0. The summed E-state index contributed by atoms with van der Waals surface area (Å²) in [5, 5.41) is 1.13. The highest BCUT2D eigenvalue weighted by Crippen LogP contribution is 2.34. The van der Waals surface area contributed by atoms with E-state index in [9.17, 15) is 9.18 Å². The largest absolute Gasteiger partial charge is 0.489 e. The lowest BCUT2D eigenvalue weighted by molar-refractivity contribution is -0.122. The molecular formula is C24H16Cl2FNO2S2. The van der Waals surface area contributed by atoms with E-state index in [0.717, 1.165) is 16.7 Å². The zero-order chi connectivity index (χ0) is 22.7. The minimum Gasteiger partial charge on any atom is -0.489 e. The Morgan fingerprint density at radius 1 is 1.03 bits per heavy atom. The summed E-state index contributed by atoms with van der Waals surface area (Å²) in [5.74, 6) is 0.196. The Morgan fingerprint density at radius 3 is 2.44 bits per heavy atom. The van der Waals surface area contributed by atoms with Gasteiger partial charge >= 0.3 is 0 Å². The van der Waals surface area contributed by atoms with Crippen molar-refractivity contribution < 1.29 is 13.9 Å². The molecule has 0 N–H and O–H groups in total. The fourth-order valence-corrected chi connectivity index (χ4v) is 4.74. The first kappa shape index (κ1) is 22.8. The predicted molar refractivity (Wildman–Crippen MR) is 132 cm³/mol. The van der Waals surface area contributed by atoms with Crippen molar-refractivity contribution in [3.8, 4) is 5.75 Å². The van der Waals surface area contributed by atoms with Gasteiger partial charge in [0.2, 0.25) is 0 Å². The van der Waals surface area contributed by atoms with E-state index in [2.05, 4.69) is 0 Å². The molecule has 0 aromatic heterocycles. The van der Waals surface area contributed by atoms with E-state index < -0.39 is 0 Å². The van der Waals surface area contributed by atoms with E-state index in [1.807, 2.05) is 30.3 Å². The van der Waals surface area contributed by atoms with Gasteiger partial charge in [-0.05, 0) is 53.6 Å². The third-order valence-corrected chi connectivity index (χ3v) is 6.68. The Hall–Kier alpha value is -2.38. The third-order valence-electron chi connectivity index (χ3n) is 4.71. The highest BCUT2D eigenvalue weighted by molar-refractivity contribution is 8.26. The molecule has 32 heavy (non-hydrogen) atoms. The molecule has 1 saturated heterocycles. The molecule has 0 spiro atoms. The van der Waals surface area contributed by atoms with Crippen LogP contribution in [0.25, 0.3) is 6.08 Å². The molecule has 1 aliphatic heterocycles. The number of hydrogen-bond donors (Lipinski definition) is 0. The Kier molecular flexibility index (Phi) is 7.16. The minimum absolute atomic E-state index is 0.165. The lowest BCUT2D eigenvalue weighted by Crippen LogP contribution is -2.27. The van der Waals surface area contributed by atoms with Crippen molar-refractivity contribution in [1.82, 2.24) is 4.90 Å². The van der Waals surface area contributed by atoms with Gasteiger partial charge in [-0.1, -0.05) is 77.5 Å². The molecule has 1 aliphatic rings. The van der Waals surface area contributed by atoms with Crippen molar-refractivity contribution in [2.24, 2.45) is 0 Å². The topological polar surface area (TPSA) is 29.5 Å². The standard InChI is InChI=1S/C24H16Cl2FNO2S2/c25-18-6-5-17(21(26)12-18)14-30-20-9-3-15(4-10-20)11-22-23(29)28(24(31)32-22)13-16-1-7-19(27)8-2-16/h1-12H,13-14H2/b22-11-. The molecule has 0 aliphatic carbocycles. The summed E-state index contributed by atoms with van der Waals surface area (Å²) in [5.41, 5.74) is 2.50. The molecule has 3 aromatic carbocycles. The van der Waals surface area contributed by atoms with Crippen LogP contribution in [0.1, 0.15) is 16.7 Å². The van der Waals surface area contributed by atoms with Crippen LogP contribution < -0.4 is 4.74 Å². The summed E-state index contributed by atoms with van der Waals surface area (Å²) in [7, 11) is 0. The zero-order valence-corrected chi connectivity index (χ0v) is 19.7. The van der Waals surface area contributed by atoms with Crippen molar-refractivity contribution >= 4 is 63.5 Å². The molecule has 4 rings (SSSR count). The molecule has 3 nitrogen and oxygen atoms in total. The summed E-state index contributed by atoms with van der Waals surface area (Å²) in [6, 6.07) is 18.7. The number of thiocarbonyl (C=S) groups is 1. The van der Waals surface area contributed by atoms with Crippen LogP contribution in [0.5, 0.6) is 5.75 Å². The first-order chi connectivity index (χ1) is 15.4. The van der Waals surface area contributed by atoms with E-state index in [1.165, 1.54) is 28.8 Å². The predicted octanol–water partition coefficient (Wildman–Crippen LogP) is 7.11. The fraction of sp³-hybridized carbons (Fsp3) is 0.0833. The van der Waals surface area contributed by atoms with Crippen LogP contribution >= 0.6 is 47.2 Å². The summed E-state index contributed by atoms with van der Waals surface area (Å²) >= 11 is 18.7. The molecule has 0 saturated carbocycles. The van der Waals surface area contributed by atoms with Gasteiger partial charge in [-0.2, -0.15) is 0 Å². The third kappa shape index (κ3) is 5.51. The summed E-state index contributed by atoms with van der Waals surface area (Å²) in [6.45, 7) is 0.625. The molecule has 0 unspecified atom stereocenters. The van der Waals surface area contributed by atoms with Gasteiger partial charge in [0.05, 0.1) is 11.4 Å². The van der Waals surface area contributed by atoms with Gasteiger partial charge in [-0.15, -0.1) is 0 Å².